The van der Waals surface area contributed by atoms with Crippen LogP contribution in [0.3, 0.4) is 0 Å². The second-order valence-corrected chi connectivity index (χ2v) is 13.6. The summed E-state index contributed by atoms with van der Waals surface area (Å²) in [6.07, 6.45) is 17.8. The molecule has 8 aliphatic carbocycles. The van der Waals surface area contributed by atoms with E-state index >= 15 is 0 Å². The Kier molecular flexibility index (Phi) is 4.58. The maximum absolute atomic E-state index is 13.9. The molecule has 1 saturated heterocycles. The molecular weight excluding hydrogens is 396 g/mol. The first-order valence-electron chi connectivity index (χ1n) is 14.1. The largest absolute Gasteiger partial charge is 0.339 e. The van der Waals surface area contributed by atoms with Crippen LogP contribution in [0.4, 0.5) is 0 Å². The normalized spacial score (nSPS) is 49.2. The van der Waals surface area contributed by atoms with E-state index in [1.165, 1.54) is 51.4 Å². The molecule has 176 valence electrons. The summed E-state index contributed by atoms with van der Waals surface area (Å²) in [6.45, 7) is 3.10. The average molecular weight is 439 g/mol. The van der Waals surface area contributed by atoms with Crippen molar-refractivity contribution in [2.75, 3.05) is 26.2 Å². The highest BCUT2D eigenvalue weighted by atomic mass is 16.2. The fraction of sp³-hybridized carbons (Fsp3) is 0.929. The van der Waals surface area contributed by atoms with E-state index in [0.29, 0.717) is 11.8 Å². The lowest BCUT2D eigenvalue weighted by molar-refractivity contribution is -0.156. The van der Waals surface area contributed by atoms with Crippen LogP contribution in [-0.2, 0) is 9.59 Å². The molecule has 0 N–H and O–H groups in total. The van der Waals surface area contributed by atoms with Crippen LogP contribution in [0.1, 0.15) is 89.9 Å². The smallest absolute Gasteiger partial charge is 0.228 e. The minimum atomic E-state index is -0.0530. The van der Waals surface area contributed by atoms with Gasteiger partial charge < -0.3 is 9.80 Å². The van der Waals surface area contributed by atoms with Crippen molar-refractivity contribution in [3.05, 3.63) is 0 Å². The molecule has 0 unspecified atom stereocenters. The highest BCUT2D eigenvalue weighted by Crippen LogP contribution is 2.59. The van der Waals surface area contributed by atoms with E-state index in [1.807, 2.05) is 0 Å². The predicted octanol–water partition coefficient (Wildman–Crippen LogP) is 4.87. The summed E-state index contributed by atoms with van der Waals surface area (Å²) in [5.41, 5.74) is -0.106. The van der Waals surface area contributed by atoms with Crippen molar-refractivity contribution >= 4 is 11.8 Å². The van der Waals surface area contributed by atoms with Gasteiger partial charge in [0.05, 0.1) is 0 Å². The van der Waals surface area contributed by atoms with E-state index in [2.05, 4.69) is 9.80 Å². The SMILES string of the molecule is O=C(N1CCN(C(=O)C23CCC4C[C@@H](C[C@H](C4)C2)C3)CC1)C12CCC3C[C@H](C[C@@H](C3)C1)C2. The molecule has 1 aliphatic heterocycles. The summed E-state index contributed by atoms with van der Waals surface area (Å²) >= 11 is 0. The number of rotatable bonds is 2. The number of hydrogen-bond donors (Lipinski definition) is 0. The van der Waals surface area contributed by atoms with Crippen molar-refractivity contribution in [1.82, 2.24) is 9.80 Å². The molecule has 0 spiro atoms. The Balaban J connectivity index is 1.04. The topological polar surface area (TPSA) is 40.6 Å². The number of hydrogen-bond acceptors (Lipinski definition) is 2. The van der Waals surface area contributed by atoms with Crippen LogP contribution in [0.15, 0.2) is 0 Å². The van der Waals surface area contributed by atoms with Crippen LogP contribution >= 0.6 is 0 Å². The first-order valence-corrected chi connectivity index (χ1v) is 14.1. The number of carbonyl (C=O) groups is 2. The highest BCUT2D eigenvalue weighted by Gasteiger charge is 2.54. The maximum atomic E-state index is 13.9. The lowest BCUT2D eigenvalue weighted by Crippen LogP contribution is -2.58. The van der Waals surface area contributed by atoms with Gasteiger partial charge >= 0.3 is 0 Å². The van der Waals surface area contributed by atoms with Gasteiger partial charge in [0.25, 0.3) is 0 Å². The first kappa shape index (κ1) is 20.3. The van der Waals surface area contributed by atoms with Gasteiger partial charge in [-0.2, -0.15) is 0 Å². The standard InChI is InChI=1S/C28H42N2O2/c31-25(27-3-1-19-9-21(15-27)13-22(10-19)16-27)29-5-7-30(8-6-29)26(32)28-4-2-20-11-23(17-28)14-24(12-20)18-28/h19-24H,1-18H2/t19?,20?,21-,22-,23+,24+,27?,28?. The number of carbonyl (C=O) groups excluding carboxylic acids is 2. The fourth-order valence-corrected chi connectivity index (χ4v) is 10.6. The minimum Gasteiger partial charge on any atom is -0.339 e. The molecule has 9 rings (SSSR count). The Bertz CT molecular complexity index is 705. The Morgan fingerprint density at radius 1 is 0.500 bits per heavy atom. The van der Waals surface area contributed by atoms with Gasteiger partial charge in [-0.3, -0.25) is 9.59 Å². The summed E-state index contributed by atoms with van der Waals surface area (Å²) in [5, 5.41) is 0. The Morgan fingerprint density at radius 2 is 0.812 bits per heavy atom. The minimum absolute atomic E-state index is 0.0530. The Hall–Kier alpha value is -1.06. The Morgan fingerprint density at radius 3 is 1.16 bits per heavy atom. The van der Waals surface area contributed by atoms with Gasteiger partial charge in [0.1, 0.15) is 0 Å². The monoisotopic (exact) mass is 438 g/mol. The lowest BCUT2D eigenvalue weighted by atomic mass is 9.61. The van der Waals surface area contributed by atoms with Crippen LogP contribution < -0.4 is 0 Å². The van der Waals surface area contributed by atoms with E-state index < -0.39 is 0 Å². The van der Waals surface area contributed by atoms with Crippen molar-refractivity contribution in [2.24, 2.45) is 46.3 Å². The zero-order chi connectivity index (χ0) is 21.5. The van der Waals surface area contributed by atoms with Crippen LogP contribution in [0.25, 0.3) is 0 Å². The molecule has 9 aliphatic rings. The molecule has 8 saturated carbocycles. The van der Waals surface area contributed by atoms with Crippen molar-refractivity contribution in [2.45, 2.75) is 89.9 Å². The summed E-state index contributed by atoms with van der Waals surface area (Å²) in [6, 6.07) is 0. The molecular formula is C28H42N2O2. The molecule has 0 aromatic rings. The van der Waals surface area contributed by atoms with Gasteiger partial charge in [-0.15, -0.1) is 0 Å². The van der Waals surface area contributed by atoms with Gasteiger partial charge in [0, 0.05) is 37.0 Å². The summed E-state index contributed by atoms with van der Waals surface area (Å²) in [5.74, 6) is 5.96. The quantitative estimate of drug-likeness (QED) is 0.617. The van der Waals surface area contributed by atoms with E-state index in [1.54, 1.807) is 0 Å². The molecule has 9 fully saturated rings. The molecule has 8 bridgehead atoms. The zero-order valence-corrected chi connectivity index (χ0v) is 19.9. The molecule has 2 amide bonds. The third-order valence-corrected chi connectivity index (χ3v) is 11.5. The van der Waals surface area contributed by atoms with Crippen LogP contribution in [-0.4, -0.2) is 47.8 Å². The van der Waals surface area contributed by atoms with Crippen molar-refractivity contribution in [3.8, 4) is 0 Å². The van der Waals surface area contributed by atoms with Gasteiger partial charge in [-0.25, -0.2) is 0 Å². The summed E-state index contributed by atoms with van der Waals surface area (Å²) < 4.78 is 0. The number of piperazine rings is 1. The van der Waals surface area contributed by atoms with E-state index in [9.17, 15) is 9.59 Å². The van der Waals surface area contributed by atoms with E-state index in [4.69, 9.17) is 0 Å². The average Bonchev–Trinajstić information content (AvgIpc) is 3.13. The van der Waals surface area contributed by atoms with Crippen molar-refractivity contribution in [1.29, 1.82) is 0 Å². The second kappa shape index (κ2) is 7.22. The van der Waals surface area contributed by atoms with Gasteiger partial charge in [0.15, 0.2) is 0 Å². The molecule has 0 aromatic heterocycles. The summed E-state index contributed by atoms with van der Waals surface area (Å²) in [7, 11) is 0. The number of fused-ring (bicyclic) bond motifs is 2. The summed E-state index contributed by atoms with van der Waals surface area (Å²) in [4.78, 5) is 32.1. The zero-order valence-electron chi connectivity index (χ0n) is 19.9. The van der Waals surface area contributed by atoms with Crippen LogP contribution in [0.2, 0.25) is 0 Å². The van der Waals surface area contributed by atoms with E-state index in [0.717, 1.165) is 100 Å². The first-order chi connectivity index (χ1) is 15.5. The molecule has 32 heavy (non-hydrogen) atoms. The third kappa shape index (κ3) is 3.13. The molecule has 4 atom stereocenters. The fourth-order valence-electron chi connectivity index (χ4n) is 10.6. The molecule has 1 heterocycles. The highest BCUT2D eigenvalue weighted by molar-refractivity contribution is 5.85. The van der Waals surface area contributed by atoms with Gasteiger partial charge in [-0.1, -0.05) is 0 Å². The van der Waals surface area contributed by atoms with Crippen LogP contribution in [0.5, 0.6) is 0 Å². The third-order valence-electron chi connectivity index (χ3n) is 11.5. The van der Waals surface area contributed by atoms with Crippen molar-refractivity contribution < 1.29 is 9.59 Å². The molecule has 4 heteroatoms. The van der Waals surface area contributed by atoms with Gasteiger partial charge in [-0.05, 0) is 125 Å². The lowest BCUT2D eigenvalue weighted by Gasteiger charge is -2.49. The molecule has 0 aromatic carbocycles. The van der Waals surface area contributed by atoms with Crippen molar-refractivity contribution in [3.63, 3.8) is 0 Å². The second-order valence-electron chi connectivity index (χ2n) is 13.6. The number of nitrogens with zero attached hydrogens (tertiary/aromatic N) is 2. The van der Waals surface area contributed by atoms with E-state index in [-0.39, 0.29) is 10.8 Å². The maximum Gasteiger partial charge on any atom is 0.228 e. The van der Waals surface area contributed by atoms with Crippen LogP contribution in [0, 0.1) is 46.3 Å². The van der Waals surface area contributed by atoms with Gasteiger partial charge in [0.2, 0.25) is 11.8 Å². The predicted molar refractivity (Wildman–Crippen MR) is 124 cm³/mol. The molecule has 0 radical (unpaired) electrons. The Labute approximate surface area is 193 Å². The number of amides is 2. The molecule has 4 nitrogen and oxygen atoms in total.